The molecule has 2 aromatic heterocycles. The highest BCUT2D eigenvalue weighted by atomic mass is 32.2. The van der Waals surface area contributed by atoms with E-state index in [0.29, 0.717) is 23.1 Å². The van der Waals surface area contributed by atoms with Crippen molar-refractivity contribution in [2.75, 3.05) is 25.3 Å². The Bertz CT molecular complexity index is 1250. The fourth-order valence-corrected chi connectivity index (χ4v) is 5.12. The number of benzene rings is 1. The highest BCUT2D eigenvalue weighted by molar-refractivity contribution is 7.99. The standard InChI is InChI=1S/C23H24N4O5S2/c1-6-11-27-19(15-10-8-7-9-13(15)2)25-26-23(27)33-12-16(28)24-20-17(21(29)31-4)14(3)18(34-20)22(30)32-5/h6-10H,1,11-12H2,2-5H3,(H,24,28). The van der Waals surface area contributed by atoms with Crippen LogP contribution in [-0.2, 0) is 20.8 Å². The lowest BCUT2D eigenvalue weighted by Gasteiger charge is -2.09. The van der Waals surface area contributed by atoms with Crippen molar-refractivity contribution in [2.24, 2.45) is 0 Å². The Balaban J connectivity index is 1.81. The van der Waals surface area contributed by atoms with Crippen LogP contribution in [-0.4, -0.2) is 52.6 Å². The van der Waals surface area contributed by atoms with Crippen LogP contribution in [0.4, 0.5) is 5.00 Å². The van der Waals surface area contributed by atoms with Crippen LogP contribution in [0.25, 0.3) is 11.4 Å². The maximum atomic E-state index is 12.7. The second-order valence-electron chi connectivity index (χ2n) is 7.10. The molecule has 0 aliphatic rings. The zero-order valence-corrected chi connectivity index (χ0v) is 20.8. The summed E-state index contributed by atoms with van der Waals surface area (Å²) in [6.07, 6.45) is 1.74. The molecule has 0 spiro atoms. The number of methoxy groups -OCH3 is 2. The van der Waals surface area contributed by atoms with Crippen LogP contribution in [0.1, 0.15) is 31.2 Å². The normalized spacial score (nSPS) is 10.6. The second kappa shape index (κ2) is 11.1. The molecule has 1 aromatic carbocycles. The van der Waals surface area contributed by atoms with Crippen molar-refractivity contribution in [2.45, 2.75) is 25.5 Å². The van der Waals surface area contributed by atoms with Gasteiger partial charge in [-0.1, -0.05) is 42.1 Å². The molecule has 0 fully saturated rings. The molecule has 178 valence electrons. The van der Waals surface area contributed by atoms with Crippen molar-refractivity contribution in [1.82, 2.24) is 14.8 Å². The van der Waals surface area contributed by atoms with Gasteiger partial charge in [-0.3, -0.25) is 9.36 Å². The maximum absolute atomic E-state index is 12.7. The number of ether oxygens (including phenoxy) is 2. The summed E-state index contributed by atoms with van der Waals surface area (Å²) in [6.45, 7) is 7.87. The molecule has 3 aromatic rings. The van der Waals surface area contributed by atoms with Crippen molar-refractivity contribution in [3.8, 4) is 11.4 Å². The number of nitrogens with zero attached hydrogens (tertiary/aromatic N) is 3. The molecule has 0 atom stereocenters. The number of nitrogens with one attached hydrogen (secondary N) is 1. The smallest absolute Gasteiger partial charge is 0.348 e. The van der Waals surface area contributed by atoms with Gasteiger partial charge in [-0.25, -0.2) is 9.59 Å². The largest absolute Gasteiger partial charge is 0.465 e. The molecule has 0 radical (unpaired) electrons. The van der Waals surface area contributed by atoms with E-state index in [1.54, 1.807) is 13.0 Å². The quantitative estimate of drug-likeness (QED) is 0.265. The first-order valence-corrected chi connectivity index (χ1v) is 11.9. The number of aryl methyl sites for hydroxylation is 1. The molecule has 0 saturated carbocycles. The highest BCUT2D eigenvalue weighted by Gasteiger charge is 2.27. The minimum Gasteiger partial charge on any atom is -0.465 e. The molecule has 0 aliphatic heterocycles. The number of hydrogen-bond donors (Lipinski definition) is 1. The van der Waals surface area contributed by atoms with E-state index in [4.69, 9.17) is 9.47 Å². The van der Waals surface area contributed by atoms with Gasteiger partial charge in [0, 0.05) is 12.1 Å². The number of rotatable bonds is 9. The van der Waals surface area contributed by atoms with Crippen molar-refractivity contribution in [3.05, 3.63) is 58.5 Å². The fraction of sp³-hybridized carbons (Fsp3) is 0.261. The van der Waals surface area contributed by atoms with E-state index in [-0.39, 0.29) is 27.1 Å². The lowest BCUT2D eigenvalue weighted by Crippen LogP contribution is -2.16. The van der Waals surface area contributed by atoms with Gasteiger partial charge in [0.05, 0.1) is 25.5 Å². The van der Waals surface area contributed by atoms with Crippen molar-refractivity contribution in [3.63, 3.8) is 0 Å². The number of hydrogen-bond acceptors (Lipinski definition) is 9. The zero-order chi connectivity index (χ0) is 24.8. The van der Waals surface area contributed by atoms with Crippen molar-refractivity contribution in [1.29, 1.82) is 0 Å². The molecule has 3 rings (SSSR count). The van der Waals surface area contributed by atoms with Gasteiger partial charge in [0.1, 0.15) is 9.88 Å². The molecule has 11 heteroatoms. The lowest BCUT2D eigenvalue weighted by molar-refractivity contribution is -0.113. The molecular weight excluding hydrogens is 476 g/mol. The number of esters is 2. The molecule has 1 amide bonds. The average Bonchev–Trinajstić information content (AvgIpc) is 3.37. The van der Waals surface area contributed by atoms with Crippen LogP contribution in [0.2, 0.25) is 0 Å². The summed E-state index contributed by atoms with van der Waals surface area (Å²) in [7, 11) is 2.48. The number of thioether (sulfide) groups is 1. The van der Waals surface area contributed by atoms with E-state index in [1.165, 1.54) is 26.0 Å². The number of aromatic nitrogens is 3. The minimum atomic E-state index is -0.652. The average molecular weight is 501 g/mol. The lowest BCUT2D eigenvalue weighted by atomic mass is 10.1. The summed E-state index contributed by atoms with van der Waals surface area (Å²) in [6, 6.07) is 7.84. The van der Waals surface area contributed by atoms with E-state index in [2.05, 4.69) is 22.1 Å². The molecule has 1 N–H and O–H groups in total. The third-order valence-corrected chi connectivity index (χ3v) is 7.06. The van der Waals surface area contributed by atoms with Crippen LogP contribution in [0, 0.1) is 13.8 Å². The SMILES string of the molecule is C=CCn1c(SCC(=O)Nc2sc(C(=O)OC)c(C)c2C(=O)OC)nnc1-c1ccccc1C. The van der Waals surface area contributed by atoms with Crippen LogP contribution in [0.5, 0.6) is 0 Å². The van der Waals surface area contributed by atoms with E-state index in [9.17, 15) is 14.4 Å². The molecule has 0 unspecified atom stereocenters. The summed E-state index contributed by atoms with van der Waals surface area (Å²) in [5.41, 5.74) is 2.52. The summed E-state index contributed by atoms with van der Waals surface area (Å²) in [5, 5.41) is 12.1. The Labute approximate surface area is 205 Å². The predicted molar refractivity (Wildman–Crippen MR) is 131 cm³/mol. The van der Waals surface area contributed by atoms with Crippen LogP contribution >= 0.6 is 23.1 Å². The van der Waals surface area contributed by atoms with Gasteiger partial charge in [0.2, 0.25) is 5.91 Å². The van der Waals surface area contributed by atoms with Crippen LogP contribution in [0.3, 0.4) is 0 Å². The van der Waals surface area contributed by atoms with E-state index in [1.807, 2.05) is 35.8 Å². The van der Waals surface area contributed by atoms with Gasteiger partial charge >= 0.3 is 11.9 Å². The Morgan fingerprint density at radius 3 is 2.50 bits per heavy atom. The molecule has 0 aliphatic carbocycles. The topological polar surface area (TPSA) is 112 Å². The minimum absolute atomic E-state index is 0.00810. The fourth-order valence-electron chi connectivity index (χ4n) is 3.24. The molecule has 9 nitrogen and oxygen atoms in total. The van der Waals surface area contributed by atoms with Crippen LogP contribution < -0.4 is 5.32 Å². The summed E-state index contributed by atoms with van der Waals surface area (Å²) in [5.74, 6) is -0.929. The first-order valence-electron chi connectivity index (χ1n) is 10.1. The number of anilines is 1. The Morgan fingerprint density at radius 1 is 1.15 bits per heavy atom. The van der Waals surface area contributed by atoms with Gasteiger partial charge < -0.3 is 14.8 Å². The van der Waals surface area contributed by atoms with E-state index >= 15 is 0 Å². The summed E-state index contributed by atoms with van der Waals surface area (Å²) in [4.78, 5) is 37.3. The molecule has 2 heterocycles. The van der Waals surface area contributed by atoms with Gasteiger partial charge in [-0.2, -0.15) is 0 Å². The van der Waals surface area contributed by atoms with Gasteiger partial charge in [-0.05, 0) is 25.0 Å². The van der Waals surface area contributed by atoms with Crippen LogP contribution in [0.15, 0.2) is 42.1 Å². The van der Waals surface area contributed by atoms with Gasteiger partial charge in [0.25, 0.3) is 0 Å². The van der Waals surface area contributed by atoms with Crippen molar-refractivity contribution >= 4 is 45.9 Å². The number of allylic oxidation sites excluding steroid dienone is 1. The predicted octanol–water partition coefficient (Wildman–Crippen LogP) is 4.11. The Hall–Kier alpha value is -3.44. The third-order valence-electron chi connectivity index (χ3n) is 4.91. The summed E-state index contributed by atoms with van der Waals surface area (Å²) >= 11 is 2.17. The first-order chi connectivity index (χ1) is 16.3. The zero-order valence-electron chi connectivity index (χ0n) is 19.2. The van der Waals surface area contributed by atoms with Gasteiger partial charge in [-0.15, -0.1) is 28.1 Å². The third kappa shape index (κ3) is 5.20. The summed E-state index contributed by atoms with van der Waals surface area (Å²) < 4.78 is 11.5. The molecule has 34 heavy (non-hydrogen) atoms. The second-order valence-corrected chi connectivity index (χ2v) is 9.06. The number of thiophene rings is 1. The Kier molecular flexibility index (Phi) is 8.24. The highest BCUT2D eigenvalue weighted by Crippen LogP contribution is 2.34. The Morgan fingerprint density at radius 2 is 1.85 bits per heavy atom. The van der Waals surface area contributed by atoms with E-state index < -0.39 is 11.9 Å². The van der Waals surface area contributed by atoms with Gasteiger partial charge in [0.15, 0.2) is 11.0 Å². The number of amides is 1. The molecular formula is C23H24N4O5S2. The van der Waals surface area contributed by atoms with Crippen molar-refractivity contribution < 1.29 is 23.9 Å². The number of carbonyl (C=O) groups is 3. The maximum Gasteiger partial charge on any atom is 0.348 e. The van der Waals surface area contributed by atoms with E-state index in [0.717, 1.165) is 22.5 Å². The number of carbonyl (C=O) groups excluding carboxylic acids is 3. The molecule has 0 bridgehead atoms. The monoisotopic (exact) mass is 500 g/mol. The molecule has 0 saturated heterocycles. The first kappa shape index (κ1) is 25.2.